The van der Waals surface area contributed by atoms with Crippen LogP contribution >= 0.6 is 0 Å². The Morgan fingerprint density at radius 1 is 1.17 bits per heavy atom. The van der Waals surface area contributed by atoms with Crippen molar-refractivity contribution in [1.82, 2.24) is 4.90 Å². The lowest BCUT2D eigenvalue weighted by molar-refractivity contribution is -0.137. The molecule has 160 valence electrons. The first-order valence-electron chi connectivity index (χ1n) is 8.91. The molecule has 1 aliphatic rings. The van der Waals surface area contributed by atoms with Gasteiger partial charge >= 0.3 is 12.8 Å². The van der Waals surface area contributed by atoms with Gasteiger partial charge in [0.2, 0.25) is 11.8 Å². The zero-order valence-corrected chi connectivity index (χ0v) is 15.5. The molecule has 0 saturated carbocycles. The minimum atomic E-state index is -4.49. The number of likely N-dealkylation sites (tertiary alicyclic amines) is 1. The summed E-state index contributed by atoms with van der Waals surface area (Å²) in [5, 5.41) is 2.54. The molecule has 1 fully saturated rings. The number of alkyl halides is 5. The molecule has 0 aliphatic carbocycles. The van der Waals surface area contributed by atoms with E-state index in [1.807, 2.05) is 0 Å². The molecular weight excluding hydrogens is 411 g/mol. The van der Waals surface area contributed by atoms with Gasteiger partial charge in [-0.15, -0.1) is 0 Å². The van der Waals surface area contributed by atoms with Crippen LogP contribution in [0.5, 0.6) is 5.75 Å². The largest absolute Gasteiger partial charge is 0.435 e. The van der Waals surface area contributed by atoms with E-state index >= 15 is 0 Å². The van der Waals surface area contributed by atoms with E-state index in [1.165, 1.54) is 41.3 Å². The Hall–Kier alpha value is -3.17. The number of rotatable bonds is 6. The van der Waals surface area contributed by atoms with Gasteiger partial charge in [0.25, 0.3) is 0 Å². The molecule has 0 radical (unpaired) electrons. The molecule has 3 rings (SSSR count). The summed E-state index contributed by atoms with van der Waals surface area (Å²) in [6, 6.07) is 10.1. The molecule has 1 aliphatic heterocycles. The number of benzene rings is 2. The van der Waals surface area contributed by atoms with Gasteiger partial charge in [0.05, 0.1) is 11.5 Å². The van der Waals surface area contributed by atoms with Gasteiger partial charge in [-0.05, 0) is 29.8 Å². The molecule has 1 saturated heterocycles. The molecule has 2 amide bonds. The van der Waals surface area contributed by atoms with Crippen LogP contribution in [-0.4, -0.2) is 29.9 Å². The zero-order chi connectivity index (χ0) is 21.9. The number of hydrogen-bond acceptors (Lipinski definition) is 3. The van der Waals surface area contributed by atoms with E-state index in [9.17, 15) is 31.5 Å². The van der Waals surface area contributed by atoms with Crippen LogP contribution in [0.1, 0.15) is 17.5 Å². The van der Waals surface area contributed by atoms with Crippen LogP contribution < -0.4 is 10.1 Å². The topological polar surface area (TPSA) is 58.6 Å². The highest BCUT2D eigenvalue weighted by Crippen LogP contribution is 2.30. The molecule has 1 atom stereocenters. The van der Waals surface area contributed by atoms with E-state index < -0.39 is 30.2 Å². The Morgan fingerprint density at radius 2 is 1.90 bits per heavy atom. The second-order valence-corrected chi connectivity index (χ2v) is 6.77. The predicted molar refractivity (Wildman–Crippen MR) is 96.7 cm³/mol. The number of nitrogens with zero attached hydrogens (tertiary/aromatic N) is 1. The van der Waals surface area contributed by atoms with Gasteiger partial charge in [-0.1, -0.05) is 18.2 Å². The number of anilines is 1. The van der Waals surface area contributed by atoms with Crippen molar-refractivity contribution in [3.8, 4) is 5.75 Å². The number of carbonyl (C=O) groups is 2. The van der Waals surface area contributed by atoms with Crippen molar-refractivity contribution < 1.29 is 36.3 Å². The second kappa shape index (κ2) is 8.68. The Labute approximate surface area is 168 Å². The van der Waals surface area contributed by atoms with Crippen molar-refractivity contribution in [3.05, 3.63) is 59.7 Å². The highest BCUT2D eigenvalue weighted by atomic mass is 19.4. The minimum Gasteiger partial charge on any atom is -0.435 e. The van der Waals surface area contributed by atoms with Gasteiger partial charge in [-0.2, -0.15) is 22.0 Å². The fourth-order valence-corrected chi connectivity index (χ4v) is 3.16. The monoisotopic (exact) mass is 428 g/mol. The molecule has 1 heterocycles. The Morgan fingerprint density at radius 3 is 2.60 bits per heavy atom. The van der Waals surface area contributed by atoms with E-state index in [-0.39, 0.29) is 36.9 Å². The van der Waals surface area contributed by atoms with Crippen molar-refractivity contribution in [2.45, 2.75) is 25.8 Å². The lowest BCUT2D eigenvalue weighted by Gasteiger charge is -2.18. The Kier molecular flexibility index (Phi) is 6.23. The van der Waals surface area contributed by atoms with Crippen LogP contribution in [0.3, 0.4) is 0 Å². The molecule has 0 bridgehead atoms. The van der Waals surface area contributed by atoms with Crippen molar-refractivity contribution in [2.24, 2.45) is 5.92 Å². The number of nitrogens with one attached hydrogen (secondary N) is 1. The van der Waals surface area contributed by atoms with Crippen LogP contribution in [0.4, 0.5) is 27.6 Å². The molecule has 10 heteroatoms. The lowest BCUT2D eigenvalue weighted by Crippen LogP contribution is -2.28. The van der Waals surface area contributed by atoms with Crippen LogP contribution in [0.25, 0.3) is 0 Å². The summed E-state index contributed by atoms with van der Waals surface area (Å²) < 4.78 is 67.4. The first-order valence-corrected chi connectivity index (χ1v) is 8.91. The fourth-order valence-electron chi connectivity index (χ4n) is 3.16. The van der Waals surface area contributed by atoms with Crippen molar-refractivity contribution in [2.75, 3.05) is 11.9 Å². The zero-order valence-electron chi connectivity index (χ0n) is 15.5. The van der Waals surface area contributed by atoms with Gasteiger partial charge in [-0.3, -0.25) is 9.59 Å². The second-order valence-electron chi connectivity index (χ2n) is 6.77. The molecule has 2 aromatic carbocycles. The highest BCUT2D eigenvalue weighted by Gasteiger charge is 2.35. The van der Waals surface area contributed by atoms with E-state index in [0.717, 1.165) is 12.1 Å². The number of hydrogen-bond donors (Lipinski definition) is 1. The minimum absolute atomic E-state index is 0.0359. The normalized spacial score (nSPS) is 16.8. The maximum Gasteiger partial charge on any atom is 0.416 e. The summed E-state index contributed by atoms with van der Waals surface area (Å²) in [6.07, 6.45) is -4.59. The van der Waals surface area contributed by atoms with E-state index in [4.69, 9.17) is 0 Å². The molecule has 30 heavy (non-hydrogen) atoms. The van der Waals surface area contributed by atoms with Crippen molar-refractivity contribution in [1.29, 1.82) is 0 Å². The molecule has 1 N–H and O–H groups in total. The van der Waals surface area contributed by atoms with E-state index in [2.05, 4.69) is 10.1 Å². The number of carbonyl (C=O) groups excluding carboxylic acids is 2. The van der Waals surface area contributed by atoms with Crippen molar-refractivity contribution in [3.63, 3.8) is 0 Å². The maximum atomic E-state index is 12.8. The van der Waals surface area contributed by atoms with Gasteiger partial charge in [0.1, 0.15) is 5.75 Å². The first kappa shape index (κ1) is 21.5. The molecule has 2 aromatic rings. The maximum absolute atomic E-state index is 12.8. The van der Waals surface area contributed by atoms with Crippen LogP contribution in [-0.2, 0) is 22.3 Å². The predicted octanol–water partition coefficient (Wildman–Crippen LogP) is 4.29. The highest BCUT2D eigenvalue weighted by molar-refractivity contribution is 5.97. The third kappa shape index (κ3) is 5.46. The first-order chi connectivity index (χ1) is 14.1. The summed E-state index contributed by atoms with van der Waals surface area (Å²) >= 11 is 0. The summed E-state index contributed by atoms with van der Waals surface area (Å²) in [4.78, 5) is 26.0. The third-order valence-corrected chi connectivity index (χ3v) is 4.54. The molecule has 1 unspecified atom stereocenters. The van der Waals surface area contributed by atoms with Crippen LogP contribution in [0, 0.1) is 5.92 Å². The summed E-state index contributed by atoms with van der Waals surface area (Å²) in [7, 11) is 0. The lowest BCUT2D eigenvalue weighted by atomic mass is 10.1. The van der Waals surface area contributed by atoms with Crippen molar-refractivity contribution >= 4 is 17.5 Å². The molecule has 0 spiro atoms. The SMILES string of the molecule is O=C(Nc1cccc(OC(F)F)c1)C1CC(=O)N(Cc2cccc(C(F)(F)F)c2)C1. The average Bonchev–Trinajstić information content (AvgIpc) is 3.02. The smallest absolute Gasteiger partial charge is 0.416 e. The van der Waals surface area contributed by atoms with E-state index in [0.29, 0.717) is 5.56 Å². The van der Waals surface area contributed by atoms with Gasteiger partial charge < -0.3 is 15.0 Å². The summed E-state index contributed by atoms with van der Waals surface area (Å²) in [5.41, 5.74) is -0.287. The van der Waals surface area contributed by atoms with Crippen LogP contribution in [0.2, 0.25) is 0 Å². The molecular formula is C20H17F5N2O3. The van der Waals surface area contributed by atoms with Gasteiger partial charge in [0.15, 0.2) is 0 Å². The molecule has 5 nitrogen and oxygen atoms in total. The quantitative estimate of drug-likeness (QED) is 0.699. The van der Waals surface area contributed by atoms with Crippen LogP contribution in [0.15, 0.2) is 48.5 Å². The Balaban J connectivity index is 1.62. The van der Waals surface area contributed by atoms with Gasteiger partial charge in [0, 0.05) is 31.3 Å². The standard InChI is InChI=1S/C20H17F5N2O3/c21-19(22)30-16-6-2-5-15(9-16)26-18(29)13-8-17(28)27(11-13)10-12-3-1-4-14(7-12)20(23,24)25/h1-7,9,13,19H,8,10-11H2,(H,26,29). The summed E-state index contributed by atoms with van der Waals surface area (Å²) in [5.74, 6) is -1.70. The number of ether oxygens (including phenoxy) is 1. The summed E-state index contributed by atoms with van der Waals surface area (Å²) in [6.45, 7) is -3.02. The van der Waals surface area contributed by atoms with Gasteiger partial charge in [-0.25, -0.2) is 0 Å². The Bertz CT molecular complexity index is 933. The average molecular weight is 428 g/mol. The molecule has 0 aromatic heterocycles. The third-order valence-electron chi connectivity index (χ3n) is 4.54. The van der Waals surface area contributed by atoms with E-state index in [1.54, 1.807) is 0 Å². The number of amides is 2. The number of halogens is 5. The fraction of sp³-hybridized carbons (Fsp3) is 0.300.